The van der Waals surface area contributed by atoms with Crippen molar-refractivity contribution in [3.8, 4) is 0 Å². The number of rotatable bonds is 4. The quantitative estimate of drug-likeness (QED) is 0.912. The number of halogens is 2. The van der Waals surface area contributed by atoms with Crippen molar-refractivity contribution in [2.24, 2.45) is 11.7 Å². The zero-order valence-corrected chi connectivity index (χ0v) is 13.8. The zero-order valence-electron chi connectivity index (χ0n) is 12.3. The maximum absolute atomic E-state index is 12.3. The van der Waals surface area contributed by atoms with Crippen LogP contribution in [0.15, 0.2) is 18.2 Å². The van der Waals surface area contributed by atoms with Gasteiger partial charge < -0.3 is 10.6 Å². The van der Waals surface area contributed by atoms with Gasteiger partial charge in [-0.25, -0.2) is 0 Å². The molecule has 2 unspecified atom stereocenters. The van der Waals surface area contributed by atoms with Gasteiger partial charge in [0.1, 0.15) is 0 Å². The zero-order chi connectivity index (χ0) is 15.4. The summed E-state index contributed by atoms with van der Waals surface area (Å²) in [4.78, 5) is 14.1. The molecule has 1 aliphatic carbocycles. The maximum Gasteiger partial charge on any atom is 0.222 e. The molecule has 1 fully saturated rings. The van der Waals surface area contributed by atoms with Gasteiger partial charge >= 0.3 is 0 Å². The SMILES string of the molecule is CN(Cc1ccc(Cl)c(Cl)c1)C(=O)CC1CCCCC1N. The van der Waals surface area contributed by atoms with Crippen LogP contribution in [0.3, 0.4) is 0 Å². The lowest BCUT2D eigenvalue weighted by Gasteiger charge is -2.29. The Bertz CT molecular complexity index is 507. The van der Waals surface area contributed by atoms with Gasteiger partial charge in [0.2, 0.25) is 5.91 Å². The van der Waals surface area contributed by atoms with E-state index >= 15 is 0 Å². The minimum Gasteiger partial charge on any atom is -0.341 e. The molecule has 1 saturated carbocycles. The van der Waals surface area contributed by atoms with Gasteiger partial charge in [0, 0.05) is 26.1 Å². The summed E-state index contributed by atoms with van der Waals surface area (Å²) in [5, 5.41) is 1.05. The van der Waals surface area contributed by atoms with Crippen LogP contribution in [0.4, 0.5) is 0 Å². The molecule has 2 N–H and O–H groups in total. The number of amides is 1. The largest absolute Gasteiger partial charge is 0.341 e. The number of hydrogen-bond donors (Lipinski definition) is 1. The lowest BCUT2D eigenvalue weighted by molar-refractivity contribution is -0.131. The maximum atomic E-state index is 12.3. The molecule has 1 aromatic carbocycles. The smallest absolute Gasteiger partial charge is 0.222 e. The summed E-state index contributed by atoms with van der Waals surface area (Å²) < 4.78 is 0. The highest BCUT2D eigenvalue weighted by Crippen LogP contribution is 2.27. The van der Waals surface area contributed by atoms with Crippen molar-refractivity contribution in [3.63, 3.8) is 0 Å². The minimum absolute atomic E-state index is 0.142. The van der Waals surface area contributed by atoms with E-state index in [1.165, 1.54) is 12.8 Å². The molecule has 1 aromatic rings. The summed E-state index contributed by atoms with van der Waals surface area (Å²) in [5.74, 6) is 0.464. The van der Waals surface area contributed by atoms with E-state index in [4.69, 9.17) is 28.9 Å². The first kappa shape index (κ1) is 16.6. The second-order valence-electron chi connectivity index (χ2n) is 5.91. The Morgan fingerprint density at radius 2 is 2.00 bits per heavy atom. The topological polar surface area (TPSA) is 46.3 Å². The van der Waals surface area contributed by atoms with E-state index in [2.05, 4.69) is 0 Å². The highest BCUT2D eigenvalue weighted by Gasteiger charge is 2.25. The molecule has 1 amide bonds. The van der Waals surface area contributed by atoms with E-state index in [-0.39, 0.29) is 11.9 Å². The van der Waals surface area contributed by atoms with E-state index < -0.39 is 0 Å². The summed E-state index contributed by atoms with van der Waals surface area (Å²) in [6, 6.07) is 5.62. The van der Waals surface area contributed by atoms with Gasteiger partial charge in [-0.15, -0.1) is 0 Å². The molecule has 0 radical (unpaired) electrons. The number of nitrogens with zero attached hydrogens (tertiary/aromatic N) is 1. The number of benzene rings is 1. The predicted molar refractivity (Wildman–Crippen MR) is 87.5 cm³/mol. The second kappa shape index (κ2) is 7.48. The van der Waals surface area contributed by atoms with Crippen molar-refractivity contribution >= 4 is 29.1 Å². The van der Waals surface area contributed by atoms with Crippen LogP contribution in [0.25, 0.3) is 0 Å². The van der Waals surface area contributed by atoms with Crippen LogP contribution in [0, 0.1) is 5.92 Å². The Labute approximate surface area is 136 Å². The first-order valence-electron chi connectivity index (χ1n) is 7.41. The van der Waals surface area contributed by atoms with Crippen molar-refractivity contribution in [2.45, 2.75) is 44.7 Å². The molecule has 1 aliphatic rings. The number of hydrogen-bond acceptors (Lipinski definition) is 2. The molecule has 0 aromatic heterocycles. The lowest BCUT2D eigenvalue weighted by Crippen LogP contribution is -2.37. The summed E-state index contributed by atoms with van der Waals surface area (Å²) >= 11 is 11.9. The molecule has 2 atom stereocenters. The van der Waals surface area contributed by atoms with Crippen LogP contribution in [-0.4, -0.2) is 23.9 Å². The summed E-state index contributed by atoms with van der Waals surface area (Å²) in [6.45, 7) is 0.539. The molecule has 0 heterocycles. The van der Waals surface area contributed by atoms with Gasteiger partial charge in [-0.3, -0.25) is 4.79 Å². The van der Waals surface area contributed by atoms with Crippen molar-refractivity contribution in [1.82, 2.24) is 4.90 Å². The Kier molecular flexibility index (Phi) is 5.91. The number of nitrogens with two attached hydrogens (primary N) is 1. The van der Waals surface area contributed by atoms with Crippen LogP contribution in [-0.2, 0) is 11.3 Å². The molecular weight excluding hydrogens is 307 g/mol. The highest BCUT2D eigenvalue weighted by atomic mass is 35.5. The second-order valence-corrected chi connectivity index (χ2v) is 6.73. The van der Waals surface area contributed by atoms with Crippen LogP contribution < -0.4 is 5.73 Å². The highest BCUT2D eigenvalue weighted by molar-refractivity contribution is 6.42. The molecule has 116 valence electrons. The van der Waals surface area contributed by atoms with E-state index in [0.29, 0.717) is 28.9 Å². The third-order valence-corrected chi connectivity index (χ3v) is 4.97. The van der Waals surface area contributed by atoms with Crippen molar-refractivity contribution in [1.29, 1.82) is 0 Å². The molecule has 5 heteroatoms. The molecule has 0 bridgehead atoms. The summed E-state index contributed by atoms with van der Waals surface area (Å²) in [5.41, 5.74) is 7.09. The third kappa shape index (κ3) is 4.60. The average molecular weight is 329 g/mol. The van der Waals surface area contributed by atoms with E-state index in [1.54, 1.807) is 17.0 Å². The molecular formula is C16H22Cl2N2O. The fourth-order valence-electron chi connectivity index (χ4n) is 2.87. The minimum atomic E-state index is 0.142. The van der Waals surface area contributed by atoms with Crippen LogP contribution in [0.1, 0.15) is 37.7 Å². The summed E-state index contributed by atoms with van der Waals surface area (Å²) in [7, 11) is 1.82. The standard InChI is InChI=1S/C16H22Cl2N2O/c1-20(10-11-6-7-13(17)14(18)8-11)16(21)9-12-4-2-3-5-15(12)19/h6-8,12,15H,2-5,9-10,19H2,1H3. The van der Waals surface area contributed by atoms with Gasteiger partial charge in [-0.2, -0.15) is 0 Å². The first-order chi connectivity index (χ1) is 9.97. The van der Waals surface area contributed by atoms with Gasteiger partial charge in [-0.05, 0) is 36.5 Å². The fourth-order valence-corrected chi connectivity index (χ4v) is 3.19. The van der Waals surface area contributed by atoms with Crippen molar-refractivity contribution in [2.75, 3.05) is 7.05 Å². The lowest BCUT2D eigenvalue weighted by atomic mass is 9.83. The van der Waals surface area contributed by atoms with Gasteiger partial charge in [0.25, 0.3) is 0 Å². The van der Waals surface area contributed by atoms with Crippen molar-refractivity contribution in [3.05, 3.63) is 33.8 Å². The predicted octanol–water partition coefficient (Wildman–Crippen LogP) is 3.86. The molecule has 0 saturated heterocycles. The Hall–Kier alpha value is -0.770. The van der Waals surface area contributed by atoms with E-state index in [9.17, 15) is 4.79 Å². The monoisotopic (exact) mass is 328 g/mol. The molecule has 3 nitrogen and oxygen atoms in total. The fraction of sp³-hybridized carbons (Fsp3) is 0.562. The van der Waals surface area contributed by atoms with Gasteiger partial charge in [-0.1, -0.05) is 42.1 Å². The van der Waals surface area contributed by atoms with Gasteiger partial charge in [0.15, 0.2) is 0 Å². The summed E-state index contributed by atoms with van der Waals surface area (Å²) in [6.07, 6.45) is 5.01. The number of carbonyl (C=O) groups excluding carboxylic acids is 1. The Morgan fingerprint density at radius 3 is 2.67 bits per heavy atom. The van der Waals surface area contributed by atoms with Crippen LogP contribution in [0.2, 0.25) is 10.0 Å². The molecule has 0 aliphatic heterocycles. The molecule has 0 spiro atoms. The Morgan fingerprint density at radius 1 is 1.29 bits per heavy atom. The third-order valence-electron chi connectivity index (χ3n) is 4.23. The van der Waals surface area contributed by atoms with Crippen LogP contribution >= 0.6 is 23.2 Å². The van der Waals surface area contributed by atoms with Crippen LogP contribution in [0.5, 0.6) is 0 Å². The average Bonchev–Trinajstić information content (AvgIpc) is 2.45. The number of carbonyl (C=O) groups is 1. The van der Waals surface area contributed by atoms with E-state index in [1.807, 2.05) is 13.1 Å². The molecule has 2 rings (SSSR count). The Balaban J connectivity index is 1.91. The van der Waals surface area contributed by atoms with E-state index in [0.717, 1.165) is 18.4 Å². The van der Waals surface area contributed by atoms with Gasteiger partial charge in [0.05, 0.1) is 10.0 Å². The first-order valence-corrected chi connectivity index (χ1v) is 8.16. The molecule has 21 heavy (non-hydrogen) atoms. The van der Waals surface area contributed by atoms with Crippen molar-refractivity contribution < 1.29 is 4.79 Å². The normalized spacial score (nSPS) is 22.1.